The van der Waals surface area contributed by atoms with Crippen LogP contribution in [-0.2, 0) is 4.74 Å². The van der Waals surface area contributed by atoms with E-state index in [0.29, 0.717) is 11.4 Å². The first-order valence-corrected chi connectivity index (χ1v) is 4.12. The zero-order valence-corrected chi connectivity index (χ0v) is 8.07. The predicted molar refractivity (Wildman–Crippen MR) is 50.6 cm³/mol. The lowest BCUT2D eigenvalue weighted by molar-refractivity contribution is 0.0602. The molecule has 0 spiro atoms. The maximum absolute atomic E-state index is 11.2. The highest BCUT2D eigenvalue weighted by Gasteiger charge is 2.14. The molecule has 0 aliphatic carbocycles. The molecule has 0 amide bonds. The lowest BCUT2D eigenvalue weighted by atomic mass is 10.3. The molecule has 72 valence electrons. The summed E-state index contributed by atoms with van der Waals surface area (Å²) in [5.74, 6) is 0.0683. The molecule has 0 saturated carbocycles. The molecule has 13 heavy (non-hydrogen) atoms. The minimum absolute atomic E-state index is 0.249. The average molecular weight is 182 g/mol. The largest absolute Gasteiger partial charge is 0.465 e. The molecule has 0 aliphatic heterocycles. The molecule has 0 fully saturated rings. The molecule has 0 unspecified atom stereocenters. The van der Waals surface area contributed by atoms with Gasteiger partial charge in [0.25, 0.3) is 0 Å². The number of hydrogen-bond donors (Lipinski definition) is 1. The van der Waals surface area contributed by atoms with Crippen molar-refractivity contribution in [2.45, 2.75) is 19.9 Å². The van der Waals surface area contributed by atoms with E-state index in [0.717, 1.165) is 0 Å². The van der Waals surface area contributed by atoms with Gasteiger partial charge in [-0.15, -0.1) is 0 Å². The maximum Gasteiger partial charge on any atom is 0.341 e. The van der Waals surface area contributed by atoms with Crippen LogP contribution in [-0.4, -0.2) is 17.6 Å². The summed E-state index contributed by atoms with van der Waals surface area (Å²) in [6.45, 7) is 3.99. The van der Waals surface area contributed by atoms with Gasteiger partial charge in [-0.25, -0.2) is 4.79 Å². The van der Waals surface area contributed by atoms with Crippen LogP contribution < -0.4 is 5.73 Å². The van der Waals surface area contributed by atoms with Crippen molar-refractivity contribution in [1.29, 1.82) is 0 Å². The maximum atomic E-state index is 11.2. The van der Waals surface area contributed by atoms with Crippen molar-refractivity contribution in [3.63, 3.8) is 0 Å². The molecule has 4 nitrogen and oxygen atoms in total. The Balaban J connectivity index is 3.06. The van der Waals surface area contributed by atoms with E-state index in [4.69, 9.17) is 5.73 Å². The van der Waals surface area contributed by atoms with E-state index >= 15 is 0 Å². The second kappa shape index (κ2) is 3.51. The molecular formula is C9H14N2O2. The number of carbonyl (C=O) groups excluding carboxylic acids is 1. The number of methoxy groups -OCH3 is 1. The molecule has 0 radical (unpaired) electrons. The fourth-order valence-corrected chi connectivity index (χ4v) is 1.19. The third kappa shape index (κ3) is 1.66. The van der Waals surface area contributed by atoms with Crippen LogP contribution in [0.1, 0.15) is 30.2 Å². The summed E-state index contributed by atoms with van der Waals surface area (Å²) < 4.78 is 6.40. The predicted octanol–water partition coefficient (Wildman–Crippen LogP) is 1.44. The summed E-state index contributed by atoms with van der Waals surface area (Å²) in [4.78, 5) is 11.2. The standard InChI is InChI=1S/C9H14N2O2/c1-6(2)11-5-4-7(8(11)10)9(12)13-3/h4-6H,10H2,1-3H3. The Bertz CT molecular complexity index is 315. The van der Waals surface area contributed by atoms with Gasteiger partial charge in [0.2, 0.25) is 0 Å². The Hall–Kier alpha value is -1.45. The van der Waals surface area contributed by atoms with Crippen molar-refractivity contribution >= 4 is 11.8 Å². The minimum Gasteiger partial charge on any atom is -0.465 e. The summed E-state index contributed by atoms with van der Waals surface area (Å²) in [7, 11) is 1.34. The van der Waals surface area contributed by atoms with Crippen LogP contribution in [0.5, 0.6) is 0 Å². The number of aromatic nitrogens is 1. The Morgan fingerprint density at radius 3 is 2.62 bits per heavy atom. The Morgan fingerprint density at radius 1 is 1.62 bits per heavy atom. The first-order valence-electron chi connectivity index (χ1n) is 4.12. The van der Waals surface area contributed by atoms with Crippen LogP contribution >= 0.6 is 0 Å². The smallest absolute Gasteiger partial charge is 0.341 e. The number of carbonyl (C=O) groups is 1. The fraction of sp³-hybridized carbons (Fsp3) is 0.444. The normalized spacial score (nSPS) is 10.5. The van der Waals surface area contributed by atoms with Crippen LogP contribution in [0.4, 0.5) is 5.82 Å². The number of hydrogen-bond acceptors (Lipinski definition) is 3. The highest BCUT2D eigenvalue weighted by atomic mass is 16.5. The molecule has 0 bridgehead atoms. The lowest BCUT2D eigenvalue weighted by Crippen LogP contribution is -2.08. The molecule has 4 heteroatoms. The van der Waals surface area contributed by atoms with E-state index < -0.39 is 5.97 Å². The average Bonchev–Trinajstić information content (AvgIpc) is 2.46. The van der Waals surface area contributed by atoms with Gasteiger partial charge in [-0.3, -0.25) is 0 Å². The number of esters is 1. The Labute approximate surface area is 77.3 Å². The van der Waals surface area contributed by atoms with Crippen molar-refractivity contribution in [3.8, 4) is 0 Å². The van der Waals surface area contributed by atoms with Crippen molar-refractivity contribution < 1.29 is 9.53 Å². The van der Waals surface area contributed by atoms with Crippen molar-refractivity contribution in [2.75, 3.05) is 12.8 Å². The molecular weight excluding hydrogens is 168 g/mol. The van der Waals surface area contributed by atoms with Gasteiger partial charge in [0.1, 0.15) is 11.4 Å². The fourth-order valence-electron chi connectivity index (χ4n) is 1.19. The monoisotopic (exact) mass is 182 g/mol. The van der Waals surface area contributed by atoms with E-state index in [9.17, 15) is 4.79 Å². The van der Waals surface area contributed by atoms with E-state index in [2.05, 4.69) is 4.74 Å². The summed E-state index contributed by atoms with van der Waals surface area (Å²) in [5.41, 5.74) is 6.17. The van der Waals surface area contributed by atoms with Crippen molar-refractivity contribution in [2.24, 2.45) is 0 Å². The van der Waals surface area contributed by atoms with Crippen molar-refractivity contribution in [3.05, 3.63) is 17.8 Å². The molecule has 1 aromatic heterocycles. The number of ether oxygens (including phenoxy) is 1. The van der Waals surface area contributed by atoms with E-state index in [-0.39, 0.29) is 6.04 Å². The van der Waals surface area contributed by atoms with Gasteiger partial charge in [0, 0.05) is 12.2 Å². The minimum atomic E-state index is -0.392. The van der Waals surface area contributed by atoms with Crippen LogP contribution in [0.3, 0.4) is 0 Å². The molecule has 1 aromatic rings. The Morgan fingerprint density at radius 2 is 2.23 bits per heavy atom. The second-order valence-electron chi connectivity index (χ2n) is 3.11. The highest BCUT2D eigenvalue weighted by molar-refractivity contribution is 5.94. The zero-order valence-electron chi connectivity index (χ0n) is 8.07. The lowest BCUT2D eigenvalue weighted by Gasteiger charge is -2.09. The number of nitrogens with two attached hydrogens (primary N) is 1. The third-order valence-corrected chi connectivity index (χ3v) is 1.92. The number of nitrogen functional groups attached to an aromatic ring is 1. The first kappa shape index (κ1) is 9.64. The van der Waals surface area contributed by atoms with Gasteiger partial charge in [-0.1, -0.05) is 0 Å². The van der Waals surface area contributed by atoms with Crippen LogP contribution in [0, 0.1) is 0 Å². The first-order chi connectivity index (χ1) is 6.07. The summed E-state index contributed by atoms with van der Waals surface area (Å²) in [5, 5.41) is 0. The summed E-state index contributed by atoms with van der Waals surface area (Å²) in [6, 6.07) is 1.92. The molecule has 2 N–H and O–H groups in total. The summed E-state index contributed by atoms with van der Waals surface area (Å²) in [6.07, 6.45) is 1.78. The molecule has 1 rings (SSSR count). The number of anilines is 1. The van der Waals surface area contributed by atoms with E-state index in [1.807, 2.05) is 18.4 Å². The Kier molecular flexibility index (Phi) is 2.60. The third-order valence-electron chi connectivity index (χ3n) is 1.92. The number of rotatable bonds is 2. The van der Waals surface area contributed by atoms with Crippen molar-refractivity contribution in [1.82, 2.24) is 4.57 Å². The summed E-state index contributed by atoms with van der Waals surface area (Å²) >= 11 is 0. The van der Waals surface area contributed by atoms with Gasteiger partial charge < -0.3 is 15.0 Å². The van der Waals surface area contributed by atoms with Crippen LogP contribution in [0.2, 0.25) is 0 Å². The van der Waals surface area contributed by atoms with Gasteiger partial charge >= 0.3 is 5.97 Å². The molecule has 0 aromatic carbocycles. The van der Waals surface area contributed by atoms with E-state index in [1.165, 1.54) is 7.11 Å². The molecule has 0 saturated heterocycles. The SMILES string of the molecule is COC(=O)c1ccn(C(C)C)c1N. The molecule has 0 atom stereocenters. The van der Waals surface area contributed by atoms with Gasteiger partial charge in [-0.2, -0.15) is 0 Å². The highest BCUT2D eigenvalue weighted by Crippen LogP contribution is 2.18. The second-order valence-corrected chi connectivity index (χ2v) is 3.11. The van der Waals surface area contributed by atoms with Gasteiger partial charge in [0.15, 0.2) is 0 Å². The van der Waals surface area contributed by atoms with Gasteiger partial charge in [0.05, 0.1) is 7.11 Å². The quantitative estimate of drug-likeness (QED) is 0.704. The van der Waals surface area contributed by atoms with Crippen LogP contribution in [0.25, 0.3) is 0 Å². The zero-order chi connectivity index (χ0) is 10.0. The molecule has 1 heterocycles. The van der Waals surface area contributed by atoms with Crippen LogP contribution in [0.15, 0.2) is 12.3 Å². The van der Waals surface area contributed by atoms with E-state index in [1.54, 1.807) is 12.3 Å². The topological polar surface area (TPSA) is 57.2 Å². The molecule has 0 aliphatic rings. The number of nitrogens with zero attached hydrogens (tertiary/aromatic N) is 1. The van der Waals surface area contributed by atoms with Gasteiger partial charge in [-0.05, 0) is 19.9 Å².